The van der Waals surface area contributed by atoms with E-state index in [1.165, 1.54) is 7.11 Å². The molecule has 0 aromatic carbocycles. The van der Waals surface area contributed by atoms with Crippen molar-refractivity contribution in [3.63, 3.8) is 0 Å². The molecule has 1 rings (SSSR count). The van der Waals surface area contributed by atoms with Crippen LogP contribution in [0.1, 0.15) is 32.6 Å². The fraction of sp³-hybridized carbons (Fsp3) is 0.750. The van der Waals surface area contributed by atoms with Crippen molar-refractivity contribution in [3.05, 3.63) is 12.2 Å². The van der Waals surface area contributed by atoms with E-state index in [0.29, 0.717) is 13.0 Å². The van der Waals surface area contributed by atoms with E-state index >= 15 is 0 Å². The Morgan fingerprint density at radius 3 is 3.13 bits per heavy atom. The Labute approximate surface area is 91.4 Å². The molecule has 0 saturated heterocycles. The molecule has 3 nitrogen and oxygen atoms in total. The van der Waals surface area contributed by atoms with Crippen molar-refractivity contribution in [2.45, 2.75) is 38.7 Å². The molecular formula is C12H20O3. The van der Waals surface area contributed by atoms with Gasteiger partial charge < -0.3 is 9.47 Å². The lowest BCUT2D eigenvalue weighted by molar-refractivity contribution is -0.143. The molecule has 0 radical (unpaired) electrons. The Kier molecular flexibility index (Phi) is 5.40. The van der Waals surface area contributed by atoms with E-state index in [4.69, 9.17) is 4.74 Å². The standard InChI is InChI=1S/C12H20O3/c1-10(9-12(13)14-2)11-7-5-3-4-6-8-15-11/h4,6,10-11H,3,5,7-9H2,1-2H3/b6-4-/t10-,11+/m0/s1. The normalized spacial score (nSPS) is 26.1. The maximum absolute atomic E-state index is 11.1. The predicted molar refractivity (Wildman–Crippen MR) is 58.5 cm³/mol. The molecule has 0 amide bonds. The lowest BCUT2D eigenvalue weighted by Crippen LogP contribution is -2.25. The number of rotatable bonds is 3. The summed E-state index contributed by atoms with van der Waals surface area (Å²) in [4.78, 5) is 11.1. The number of ether oxygens (including phenoxy) is 2. The van der Waals surface area contributed by atoms with E-state index in [-0.39, 0.29) is 18.0 Å². The molecule has 0 N–H and O–H groups in total. The topological polar surface area (TPSA) is 35.5 Å². The summed E-state index contributed by atoms with van der Waals surface area (Å²) in [6.07, 6.45) is 8.12. The first kappa shape index (κ1) is 12.2. The van der Waals surface area contributed by atoms with Crippen molar-refractivity contribution in [3.8, 4) is 0 Å². The van der Waals surface area contributed by atoms with Crippen LogP contribution in [0.3, 0.4) is 0 Å². The zero-order valence-electron chi connectivity index (χ0n) is 9.57. The molecule has 3 heteroatoms. The van der Waals surface area contributed by atoms with Gasteiger partial charge in [0.05, 0.1) is 26.2 Å². The molecule has 1 heterocycles. The lowest BCUT2D eigenvalue weighted by atomic mass is 9.95. The van der Waals surface area contributed by atoms with E-state index < -0.39 is 0 Å². The van der Waals surface area contributed by atoms with Crippen LogP contribution in [-0.4, -0.2) is 25.8 Å². The molecule has 0 fully saturated rings. The number of hydrogen-bond donors (Lipinski definition) is 0. The molecule has 1 aliphatic heterocycles. The summed E-state index contributed by atoms with van der Waals surface area (Å²) in [5.74, 6) is 0.0904. The number of carbonyl (C=O) groups is 1. The Morgan fingerprint density at radius 2 is 2.40 bits per heavy atom. The van der Waals surface area contributed by atoms with Gasteiger partial charge in [0.25, 0.3) is 0 Å². The van der Waals surface area contributed by atoms with Crippen LogP contribution >= 0.6 is 0 Å². The van der Waals surface area contributed by atoms with E-state index in [1.54, 1.807) is 0 Å². The van der Waals surface area contributed by atoms with E-state index in [9.17, 15) is 4.79 Å². The van der Waals surface area contributed by atoms with Crippen LogP contribution in [-0.2, 0) is 14.3 Å². The fourth-order valence-electron chi connectivity index (χ4n) is 1.81. The summed E-state index contributed by atoms with van der Waals surface area (Å²) in [7, 11) is 1.43. The maximum atomic E-state index is 11.1. The highest BCUT2D eigenvalue weighted by atomic mass is 16.5. The quantitative estimate of drug-likeness (QED) is 0.532. The monoisotopic (exact) mass is 212 g/mol. The molecule has 0 aromatic rings. The summed E-state index contributed by atoms with van der Waals surface area (Å²) >= 11 is 0. The summed E-state index contributed by atoms with van der Waals surface area (Å²) in [5, 5.41) is 0. The van der Waals surface area contributed by atoms with Gasteiger partial charge in [-0.05, 0) is 25.2 Å². The van der Waals surface area contributed by atoms with Gasteiger partial charge in [-0.25, -0.2) is 0 Å². The van der Waals surface area contributed by atoms with Crippen LogP contribution in [0.5, 0.6) is 0 Å². The van der Waals surface area contributed by atoms with Crippen LogP contribution in [0.2, 0.25) is 0 Å². The maximum Gasteiger partial charge on any atom is 0.305 e. The van der Waals surface area contributed by atoms with Crippen LogP contribution < -0.4 is 0 Å². The van der Waals surface area contributed by atoms with Gasteiger partial charge in [-0.2, -0.15) is 0 Å². The molecule has 2 atom stereocenters. The smallest absolute Gasteiger partial charge is 0.305 e. The summed E-state index contributed by atoms with van der Waals surface area (Å²) < 4.78 is 10.4. The zero-order valence-corrected chi connectivity index (χ0v) is 9.57. The van der Waals surface area contributed by atoms with E-state index in [2.05, 4.69) is 16.9 Å². The number of hydrogen-bond acceptors (Lipinski definition) is 3. The molecule has 0 saturated carbocycles. The Morgan fingerprint density at radius 1 is 1.60 bits per heavy atom. The highest BCUT2D eigenvalue weighted by Gasteiger charge is 2.20. The first-order chi connectivity index (χ1) is 7.24. The summed E-state index contributed by atoms with van der Waals surface area (Å²) in [6, 6.07) is 0. The lowest BCUT2D eigenvalue weighted by Gasteiger charge is -2.24. The van der Waals surface area contributed by atoms with E-state index in [0.717, 1.165) is 19.3 Å². The molecule has 0 spiro atoms. The average molecular weight is 212 g/mol. The van der Waals surface area contributed by atoms with Crippen molar-refractivity contribution in [2.75, 3.05) is 13.7 Å². The summed E-state index contributed by atoms with van der Waals surface area (Å²) in [5.41, 5.74) is 0. The number of methoxy groups -OCH3 is 1. The third kappa shape index (κ3) is 4.47. The first-order valence-electron chi connectivity index (χ1n) is 5.57. The van der Waals surface area contributed by atoms with Crippen LogP contribution in [0.4, 0.5) is 0 Å². The van der Waals surface area contributed by atoms with Gasteiger partial charge in [0.2, 0.25) is 0 Å². The van der Waals surface area contributed by atoms with Crippen LogP contribution in [0.15, 0.2) is 12.2 Å². The largest absolute Gasteiger partial charge is 0.469 e. The molecule has 0 aliphatic carbocycles. The minimum atomic E-state index is -0.149. The van der Waals surface area contributed by atoms with Crippen molar-refractivity contribution >= 4 is 5.97 Å². The highest BCUT2D eigenvalue weighted by Crippen LogP contribution is 2.20. The van der Waals surface area contributed by atoms with Gasteiger partial charge in [-0.3, -0.25) is 4.79 Å². The Balaban J connectivity index is 2.39. The van der Waals surface area contributed by atoms with Crippen LogP contribution in [0, 0.1) is 5.92 Å². The molecule has 0 bridgehead atoms. The van der Waals surface area contributed by atoms with Gasteiger partial charge in [-0.1, -0.05) is 19.1 Å². The Bertz CT molecular complexity index is 223. The first-order valence-corrected chi connectivity index (χ1v) is 5.57. The number of allylic oxidation sites excluding steroid dienone is 1. The van der Waals surface area contributed by atoms with Crippen molar-refractivity contribution in [1.82, 2.24) is 0 Å². The van der Waals surface area contributed by atoms with Gasteiger partial charge in [0, 0.05) is 0 Å². The van der Waals surface area contributed by atoms with Gasteiger partial charge in [-0.15, -0.1) is 0 Å². The van der Waals surface area contributed by atoms with Crippen LogP contribution in [0.25, 0.3) is 0 Å². The minimum absolute atomic E-state index is 0.149. The van der Waals surface area contributed by atoms with Crippen molar-refractivity contribution in [2.24, 2.45) is 5.92 Å². The van der Waals surface area contributed by atoms with Crippen molar-refractivity contribution in [1.29, 1.82) is 0 Å². The van der Waals surface area contributed by atoms with Gasteiger partial charge in [0.15, 0.2) is 0 Å². The van der Waals surface area contributed by atoms with Gasteiger partial charge in [0.1, 0.15) is 0 Å². The second kappa shape index (κ2) is 6.62. The molecule has 0 aromatic heterocycles. The third-order valence-corrected chi connectivity index (χ3v) is 2.78. The number of esters is 1. The molecular weight excluding hydrogens is 192 g/mol. The molecule has 15 heavy (non-hydrogen) atoms. The minimum Gasteiger partial charge on any atom is -0.469 e. The van der Waals surface area contributed by atoms with E-state index in [1.807, 2.05) is 6.92 Å². The number of carbonyl (C=O) groups excluding carboxylic acids is 1. The second-order valence-corrected chi connectivity index (χ2v) is 4.03. The predicted octanol–water partition coefficient (Wildman–Crippen LogP) is 2.31. The SMILES string of the molecule is COC(=O)C[C@H](C)[C@H]1CCC/C=C\CO1. The molecule has 0 unspecified atom stereocenters. The fourth-order valence-corrected chi connectivity index (χ4v) is 1.81. The van der Waals surface area contributed by atoms with Crippen molar-refractivity contribution < 1.29 is 14.3 Å². The zero-order chi connectivity index (χ0) is 11.1. The summed E-state index contributed by atoms with van der Waals surface area (Å²) in [6.45, 7) is 2.71. The highest BCUT2D eigenvalue weighted by molar-refractivity contribution is 5.69. The third-order valence-electron chi connectivity index (χ3n) is 2.78. The average Bonchev–Trinajstić information content (AvgIpc) is 2.16. The molecule has 1 aliphatic rings. The van der Waals surface area contributed by atoms with Gasteiger partial charge >= 0.3 is 5.97 Å². The molecule has 86 valence electrons. The second-order valence-electron chi connectivity index (χ2n) is 4.03. The Hall–Kier alpha value is -0.830.